The molecule has 0 heterocycles. The maximum Gasteiger partial charge on any atom is 0.315 e. The Morgan fingerprint density at radius 2 is 2.05 bits per heavy atom. The van der Waals surface area contributed by atoms with Crippen LogP contribution < -0.4 is 15.4 Å². The first kappa shape index (κ1) is 15.6. The lowest BCUT2D eigenvalue weighted by molar-refractivity contribution is 0.117. The molecule has 0 radical (unpaired) electrons. The van der Waals surface area contributed by atoms with Crippen LogP contribution in [-0.4, -0.2) is 30.4 Å². The molecule has 0 aliphatic heterocycles. The quantitative estimate of drug-likeness (QED) is 0.795. The van der Waals surface area contributed by atoms with E-state index in [1.807, 2.05) is 0 Å². The minimum Gasteiger partial charge on any atom is -0.497 e. The molecule has 2 rings (SSSR count). The molecule has 3 N–H and O–H groups in total. The fourth-order valence-corrected chi connectivity index (χ4v) is 2.48. The van der Waals surface area contributed by atoms with Crippen molar-refractivity contribution in [2.45, 2.75) is 44.4 Å². The van der Waals surface area contributed by atoms with Crippen LogP contribution in [0.25, 0.3) is 0 Å². The lowest BCUT2D eigenvalue weighted by atomic mass is 9.93. The first-order valence-electron chi connectivity index (χ1n) is 7.12. The molecule has 0 spiro atoms. The van der Waals surface area contributed by atoms with E-state index in [4.69, 9.17) is 4.74 Å². The van der Waals surface area contributed by atoms with Crippen LogP contribution in [0.2, 0.25) is 0 Å². The largest absolute Gasteiger partial charge is 0.497 e. The zero-order valence-electron chi connectivity index (χ0n) is 12.1. The Hall–Kier alpha value is -1.82. The Kier molecular flexibility index (Phi) is 5.38. The van der Waals surface area contributed by atoms with Crippen molar-refractivity contribution in [2.75, 3.05) is 7.11 Å². The van der Waals surface area contributed by atoms with Crippen molar-refractivity contribution < 1.29 is 19.0 Å². The second-order valence-corrected chi connectivity index (χ2v) is 5.33. The number of ether oxygens (including phenoxy) is 1. The number of halogens is 1. The smallest absolute Gasteiger partial charge is 0.315 e. The molecule has 6 heteroatoms. The van der Waals surface area contributed by atoms with Crippen molar-refractivity contribution in [2.24, 2.45) is 0 Å². The maximum atomic E-state index is 13.3. The minimum absolute atomic E-state index is 0.0930. The normalized spacial score (nSPS) is 21.7. The number of benzene rings is 1. The Balaban J connectivity index is 1.79. The molecule has 0 unspecified atom stereocenters. The molecule has 116 valence electrons. The van der Waals surface area contributed by atoms with Crippen LogP contribution >= 0.6 is 0 Å². The third kappa shape index (κ3) is 4.90. The summed E-state index contributed by atoms with van der Waals surface area (Å²) in [5, 5.41) is 15.0. The molecule has 0 atom stereocenters. The van der Waals surface area contributed by atoms with E-state index in [9.17, 15) is 14.3 Å². The highest BCUT2D eigenvalue weighted by Crippen LogP contribution is 2.18. The number of hydrogen-bond acceptors (Lipinski definition) is 3. The van der Waals surface area contributed by atoms with E-state index in [2.05, 4.69) is 10.6 Å². The Morgan fingerprint density at radius 1 is 1.33 bits per heavy atom. The SMILES string of the molecule is COc1cc(F)cc(CNC(=O)NC2CCC(O)CC2)c1. The summed E-state index contributed by atoms with van der Waals surface area (Å²) in [6, 6.07) is 4.15. The zero-order valence-corrected chi connectivity index (χ0v) is 12.1. The summed E-state index contributed by atoms with van der Waals surface area (Å²) in [6.07, 6.45) is 2.74. The van der Waals surface area contributed by atoms with E-state index in [1.165, 1.54) is 19.2 Å². The fourth-order valence-electron chi connectivity index (χ4n) is 2.48. The Bertz CT molecular complexity index is 488. The number of hydrogen-bond donors (Lipinski definition) is 3. The number of amides is 2. The van der Waals surface area contributed by atoms with Crippen LogP contribution in [0, 0.1) is 5.82 Å². The van der Waals surface area contributed by atoms with Crippen LogP contribution in [0.5, 0.6) is 5.75 Å². The summed E-state index contributed by atoms with van der Waals surface area (Å²) in [6.45, 7) is 0.231. The number of aliphatic hydroxyl groups is 1. The molecule has 0 saturated heterocycles. The molecule has 1 aliphatic carbocycles. The summed E-state index contributed by atoms with van der Waals surface area (Å²) >= 11 is 0. The van der Waals surface area contributed by atoms with Crippen molar-refractivity contribution >= 4 is 6.03 Å². The number of carbonyl (C=O) groups excluding carboxylic acids is 1. The monoisotopic (exact) mass is 296 g/mol. The molecule has 1 aromatic rings. The van der Waals surface area contributed by atoms with Crippen LogP contribution in [0.15, 0.2) is 18.2 Å². The summed E-state index contributed by atoms with van der Waals surface area (Å²) in [5.41, 5.74) is 0.640. The molecule has 21 heavy (non-hydrogen) atoms. The highest BCUT2D eigenvalue weighted by atomic mass is 19.1. The average molecular weight is 296 g/mol. The third-order valence-corrected chi connectivity index (χ3v) is 3.65. The number of rotatable bonds is 4. The van der Waals surface area contributed by atoms with Crippen molar-refractivity contribution in [1.82, 2.24) is 10.6 Å². The molecular formula is C15H21FN2O3. The molecular weight excluding hydrogens is 275 g/mol. The molecule has 0 aromatic heterocycles. The minimum atomic E-state index is -0.396. The van der Waals surface area contributed by atoms with Gasteiger partial charge in [-0.2, -0.15) is 0 Å². The highest BCUT2D eigenvalue weighted by Gasteiger charge is 2.20. The number of carbonyl (C=O) groups is 1. The summed E-state index contributed by atoms with van der Waals surface area (Å²) < 4.78 is 18.3. The molecule has 1 aliphatic rings. The van der Waals surface area contributed by atoms with Gasteiger partial charge in [-0.05, 0) is 43.4 Å². The molecule has 1 saturated carbocycles. The zero-order chi connectivity index (χ0) is 15.2. The lowest BCUT2D eigenvalue weighted by Crippen LogP contribution is -2.43. The first-order valence-corrected chi connectivity index (χ1v) is 7.12. The molecule has 1 fully saturated rings. The van der Waals surface area contributed by atoms with Gasteiger partial charge in [-0.15, -0.1) is 0 Å². The van der Waals surface area contributed by atoms with Crippen LogP contribution in [0.3, 0.4) is 0 Å². The molecule has 2 amide bonds. The molecule has 0 bridgehead atoms. The van der Waals surface area contributed by atoms with E-state index in [-0.39, 0.29) is 24.7 Å². The number of nitrogens with one attached hydrogen (secondary N) is 2. The maximum absolute atomic E-state index is 13.3. The highest BCUT2D eigenvalue weighted by molar-refractivity contribution is 5.74. The van der Waals surface area contributed by atoms with Gasteiger partial charge in [0, 0.05) is 18.7 Å². The van der Waals surface area contributed by atoms with Gasteiger partial charge in [-0.25, -0.2) is 9.18 Å². The topological polar surface area (TPSA) is 70.6 Å². The summed E-state index contributed by atoms with van der Waals surface area (Å²) in [5.74, 6) is 0.0290. The van der Waals surface area contributed by atoms with Gasteiger partial charge >= 0.3 is 6.03 Å². The summed E-state index contributed by atoms with van der Waals surface area (Å²) in [7, 11) is 1.47. The van der Waals surface area contributed by atoms with E-state index >= 15 is 0 Å². The predicted octanol–water partition coefficient (Wildman–Crippen LogP) is 1.94. The molecule has 5 nitrogen and oxygen atoms in total. The van der Waals surface area contributed by atoms with Crippen LogP contribution in [0.1, 0.15) is 31.2 Å². The van der Waals surface area contributed by atoms with Crippen molar-refractivity contribution in [3.8, 4) is 5.75 Å². The number of methoxy groups -OCH3 is 1. The van der Waals surface area contributed by atoms with Crippen LogP contribution in [-0.2, 0) is 6.54 Å². The van der Waals surface area contributed by atoms with Crippen molar-refractivity contribution in [3.63, 3.8) is 0 Å². The third-order valence-electron chi connectivity index (χ3n) is 3.65. The predicted molar refractivity (Wildman–Crippen MR) is 76.6 cm³/mol. The fraction of sp³-hybridized carbons (Fsp3) is 0.533. The molecule has 1 aromatic carbocycles. The van der Waals surface area contributed by atoms with Gasteiger partial charge in [-0.1, -0.05) is 0 Å². The van der Waals surface area contributed by atoms with Gasteiger partial charge < -0.3 is 20.5 Å². The van der Waals surface area contributed by atoms with Crippen molar-refractivity contribution in [3.05, 3.63) is 29.6 Å². The first-order chi connectivity index (χ1) is 10.1. The number of urea groups is 1. The van der Waals surface area contributed by atoms with Crippen molar-refractivity contribution in [1.29, 1.82) is 0 Å². The number of aliphatic hydroxyl groups excluding tert-OH is 1. The van der Waals surface area contributed by atoms with Gasteiger partial charge in [0.25, 0.3) is 0 Å². The van der Waals surface area contributed by atoms with E-state index < -0.39 is 5.82 Å². The second-order valence-electron chi connectivity index (χ2n) is 5.33. The van der Waals surface area contributed by atoms with Gasteiger partial charge in [0.1, 0.15) is 11.6 Å². The Labute approximate surface area is 123 Å². The standard InChI is InChI=1S/C15H21FN2O3/c1-21-14-7-10(6-11(16)8-14)9-17-15(20)18-12-2-4-13(19)5-3-12/h6-8,12-13,19H,2-5,9H2,1H3,(H2,17,18,20). The van der Waals surface area contributed by atoms with E-state index in [1.54, 1.807) is 6.07 Å². The summed E-state index contributed by atoms with van der Waals surface area (Å²) in [4.78, 5) is 11.8. The van der Waals surface area contributed by atoms with Gasteiger partial charge in [0.15, 0.2) is 0 Å². The van der Waals surface area contributed by atoms with E-state index in [0.29, 0.717) is 24.2 Å². The second kappa shape index (κ2) is 7.26. The van der Waals surface area contributed by atoms with Gasteiger partial charge in [0.2, 0.25) is 0 Å². The lowest BCUT2D eigenvalue weighted by Gasteiger charge is -2.26. The van der Waals surface area contributed by atoms with Gasteiger partial charge in [-0.3, -0.25) is 0 Å². The van der Waals surface area contributed by atoms with Crippen LogP contribution in [0.4, 0.5) is 9.18 Å². The Morgan fingerprint density at radius 3 is 2.71 bits per heavy atom. The average Bonchev–Trinajstić information content (AvgIpc) is 2.47. The van der Waals surface area contributed by atoms with E-state index in [0.717, 1.165) is 12.8 Å². The van der Waals surface area contributed by atoms with Gasteiger partial charge in [0.05, 0.1) is 13.2 Å².